The Balaban J connectivity index is 2.36. The Bertz CT molecular complexity index is 485. The molecule has 0 saturated heterocycles. The number of nitrogens with one attached hydrogen (secondary N) is 1. The van der Waals surface area contributed by atoms with E-state index in [1.807, 2.05) is 0 Å². The molecule has 1 amide bonds. The minimum Gasteiger partial charge on any atom is -0.384 e. The maximum absolute atomic E-state index is 11.9. The number of halogens is 3. The summed E-state index contributed by atoms with van der Waals surface area (Å²) in [6.45, 7) is -0.0540. The molecular weight excluding hydrogens is 279 g/mol. The van der Waals surface area contributed by atoms with Crippen molar-refractivity contribution in [3.63, 3.8) is 0 Å². The fraction of sp³-hybridized carbons (Fsp3) is 0.417. The van der Waals surface area contributed by atoms with Gasteiger partial charge in [-0.1, -0.05) is 11.8 Å². The molecule has 0 aliphatic heterocycles. The maximum Gasteiger partial charge on any atom is 0.389 e. The van der Waals surface area contributed by atoms with Gasteiger partial charge in [0, 0.05) is 22.2 Å². The van der Waals surface area contributed by atoms with E-state index >= 15 is 0 Å². The van der Waals surface area contributed by atoms with E-state index in [0.717, 1.165) is 4.88 Å². The Morgan fingerprint density at radius 1 is 1.47 bits per heavy atom. The Kier molecular flexibility index (Phi) is 5.86. The quantitative estimate of drug-likeness (QED) is 0.834. The van der Waals surface area contributed by atoms with Crippen molar-refractivity contribution in [1.29, 1.82) is 0 Å². The number of thiophene rings is 1. The Morgan fingerprint density at radius 3 is 2.84 bits per heavy atom. The van der Waals surface area contributed by atoms with Crippen LogP contribution >= 0.6 is 11.3 Å². The van der Waals surface area contributed by atoms with Crippen LogP contribution in [-0.2, 0) is 11.3 Å². The van der Waals surface area contributed by atoms with Gasteiger partial charge in [-0.2, -0.15) is 13.2 Å². The summed E-state index contributed by atoms with van der Waals surface area (Å²) in [7, 11) is 0. The van der Waals surface area contributed by atoms with Crippen molar-refractivity contribution in [1.82, 2.24) is 5.32 Å². The first-order valence-corrected chi connectivity index (χ1v) is 6.29. The zero-order valence-electron chi connectivity index (χ0n) is 9.88. The normalized spacial score (nSPS) is 10.7. The van der Waals surface area contributed by atoms with Gasteiger partial charge in [0.1, 0.15) is 6.61 Å². The highest BCUT2D eigenvalue weighted by atomic mass is 32.1. The maximum atomic E-state index is 11.9. The molecule has 1 aromatic rings. The monoisotopic (exact) mass is 291 g/mol. The summed E-state index contributed by atoms with van der Waals surface area (Å²) < 4.78 is 35.7. The van der Waals surface area contributed by atoms with E-state index in [4.69, 9.17) is 5.11 Å². The molecule has 1 heterocycles. The third-order valence-electron chi connectivity index (χ3n) is 2.06. The second-order valence-electron chi connectivity index (χ2n) is 3.65. The first kappa shape index (κ1) is 15.5. The van der Waals surface area contributed by atoms with Crippen LogP contribution in [0.1, 0.15) is 23.3 Å². The van der Waals surface area contributed by atoms with Crippen LogP contribution in [0, 0.1) is 11.8 Å². The molecule has 2 N–H and O–H groups in total. The molecule has 0 saturated carbocycles. The number of alkyl halides is 3. The molecule has 7 heteroatoms. The largest absolute Gasteiger partial charge is 0.389 e. The van der Waals surface area contributed by atoms with Crippen LogP contribution in [0.2, 0.25) is 0 Å². The number of amides is 1. The summed E-state index contributed by atoms with van der Waals surface area (Å²) in [6.07, 6.45) is -5.99. The molecule has 0 atom stereocenters. The van der Waals surface area contributed by atoms with Crippen molar-refractivity contribution in [2.45, 2.75) is 25.6 Å². The van der Waals surface area contributed by atoms with E-state index in [1.165, 1.54) is 11.3 Å². The van der Waals surface area contributed by atoms with Gasteiger partial charge in [0.25, 0.3) is 0 Å². The number of aliphatic hydroxyl groups is 1. The lowest BCUT2D eigenvalue weighted by atomic mass is 10.3. The molecule has 104 valence electrons. The molecule has 0 spiro atoms. The minimum atomic E-state index is -4.31. The number of rotatable bonds is 4. The number of carbonyl (C=O) groups excluding carboxylic acids is 1. The molecule has 0 aromatic carbocycles. The van der Waals surface area contributed by atoms with Crippen LogP contribution in [0.25, 0.3) is 0 Å². The van der Waals surface area contributed by atoms with E-state index in [-0.39, 0.29) is 13.2 Å². The van der Waals surface area contributed by atoms with Crippen LogP contribution in [-0.4, -0.2) is 23.8 Å². The lowest BCUT2D eigenvalue weighted by Gasteiger charge is -2.06. The summed E-state index contributed by atoms with van der Waals surface area (Å²) in [5.74, 6) is 4.55. The smallest absolute Gasteiger partial charge is 0.384 e. The molecule has 1 rings (SSSR count). The van der Waals surface area contributed by atoms with Crippen molar-refractivity contribution in [2.75, 3.05) is 6.61 Å². The zero-order valence-corrected chi connectivity index (χ0v) is 10.7. The van der Waals surface area contributed by atoms with Crippen molar-refractivity contribution in [2.24, 2.45) is 0 Å². The Morgan fingerprint density at radius 2 is 2.21 bits per heavy atom. The third kappa shape index (κ3) is 6.84. The SMILES string of the molecule is O=C(CCC(F)(F)F)NCc1cc(C#CCO)cs1. The van der Waals surface area contributed by atoms with E-state index in [9.17, 15) is 18.0 Å². The summed E-state index contributed by atoms with van der Waals surface area (Å²) in [4.78, 5) is 12.0. The van der Waals surface area contributed by atoms with Gasteiger partial charge in [-0.3, -0.25) is 4.79 Å². The van der Waals surface area contributed by atoms with Gasteiger partial charge >= 0.3 is 6.18 Å². The number of aliphatic hydroxyl groups excluding tert-OH is 1. The van der Waals surface area contributed by atoms with E-state index in [1.54, 1.807) is 11.4 Å². The van der Waals surface area contributed by atoms with Gasteiger partial charge in [-0.15, -0.1) is 11.3 Å². The highest BCUT2D eigenvalue weighted by Gasteiger charge is 2.27. The van der Waals surface area contributed by atoms with Crippen LogP contribution in [0.4, 0.5) is 13.2 Å². The second-order valence-corrected chi connectivity index (χ2v) is 4.65. The van der Waals surface area contributed by atoms with Crippen molar-refractivity contribution in [3.8, 4) is 11.8 Å². The lowest BCUT2D eigenvalue weighted by molar-refractivity contribution is -0.144. The molecule has 0 aliphatic rings. The van der Waals surface area contributed by atoms with Crippen LogP contribution in [0.15, 0.2) is 11.4 Å². The molecule has 0 bridgehead atoms. The van der Waals surface area contributed by atoms with E-state index in [0.29, 0.717) is 5.56 Å². The van der Waals surface area contributed by atoms with Gasteiger partial charge in [-0.25, -0.2) is 0 Å². The Labute approximate surface area is 112 Å². The topological polar surface area (TPSA) is 49.3 Å². The molecule has 3 nitrogen and oxygen atoms in total. The lowest BCUT2D eigenvalue weighted by Crippen LogP contribution is -2.24. The number of carbonyl (C=O) groups is 1. The van der Waals surface area contributed by atoms with Gasteiger partial charge in [-0.05, 0) is 6.07 Å². The molecule has 1 aromatic heterocycles. The van der Waals surface area contributed by atoms with Crippen molar-refractivity contribution in [3.05, 3.63) is 21.9 Å². The van der Waals surface area contributed by atoms with Gasteiger partial charge in [0.2, 0.25) is 5.91 Å². The van der Waals surface area contributed by atoms with Gasteiger partial charge in [0.05, 0.1) is 13.0 Å². The van der Waals surface area contributed by atoms with Gasteiger partial charge < -0.3 is 10.4 Å². The zero-order chi connectivity index (χ0) is 14.3. The molecule has 19 heavy (non-hydrogen) atoms. The molecule has 0 unspecified atom stereocenters. The van der Waals surface area contributed by atoms with Crippen LogP contribution in [0.5, 0.6) is 0 Å². The highest BCUT2D eigenvalue weighted by Crippen LogP contribution is 2.21. The molecule has 0 aliphatic carbocycles. The minimum absolute atomic E-state index is 0.183. The molecule has 0 radical (unpaired) electrons. The molecule has 0 fully saturated rings. The average molecular weight is 291 g/mol. The first-order chi connectivity index (χ1) is 8.90. The average Bonchev–Trinajstić information content (AvgIpc) is 2.78. The fourth-order valence-electron chi connectivity index (χ4n) is 1.21. The molecular formula is C12H12F3NO2S. The summed E-state index contributed by atoms with van der Waals surface area (Å²) in [6, 6.07) is 1.72. The number of hydrogen-bond donors (Lipinski definition) is 2. The van der Waals surface area contributed by atoms with Crippen molar-refractivity contribution < 1.29 is 23.1 Å². The first-order valence-electron chi connectivity index (χ1n) is 5.41. The van der Waals surface area contributed by atoms with E-state index in [2.05, 4.69) is 17.2 Å². The summed E-state index contributed by atoms with van der Waals surface area (Å²) in [5.41, 5.74) is 0.707. The van der Waals surface area contributed by atoms with Crippen molar-refractivity contribution >= 4 is 17.2 Å². The van der Waals surface area contributed by atoms with Crippen LogP contribution in [0.3, 0.4) is 0 Å². The summed E-state index contributed by atoms with van der Waals surface area (Å²) >= 11 is 1.34. The second kappa shape index (κ2) is 7.16. The predicted molar refractivity (Wildman–Crippen MR) is 65.4 cm³/mol. The predicted octanol–water partition coefficient (Wildman–Crippen LogP) is 2.05. The van der Waals surface area contributed by atoms with E-state index < -0.39 is 24.9 Å². The Hall–Kier alpha value is -1.52. The van der Waals surface area contributed by atoms with Crippen LogP contribution < -0.4 is 5.32 Å². The highest BCUT2D eigenvalue weighted by molar-refractivity contribution is 7.10. The summed E-state index contributed by atoms with van der Waals surface area (Å²) in [5, 5.41) is 12.7. The number of hydrogen-bond acceptors (Lipinski definition) is 3. The fourth-order valence-corrected chi connectivity index (χ4v) is 1.97. The standard InChI is InChI=1S/C12H12F3NO2S/c13-12(14,15)4-3-11(18)16-7-10-6-9(8-19-10)2-1-5-17/h6,8,17H,3-5,7H2,(H,16,18). The third-order valence-corrected chi connectivity index (χ3v) is 3.00. The van der Waals surface area contributed by atoms with Gasteiger partial charge in [0.15, 0.2) is 0 Å².